The third kappa shape index (κ3) is 5.83. The number of carboxylic acids is 1. The van der Waals surface area contributed by atoms with Gasteiger partial charge in [0.2, 0.25) is 0 Å². The largest absolute Gasteiger partial charge is 0.481 e. The van der Waals surface area contributed by atoms with E-state index in [0.717, 1.165) is 31.4 Å². The van der Waals surface area contributed by atoms with Crippen molar-refractivity contribution in [3.05, 3.63) is 36.5 Å². The third-order valence-electron chi connectivity index (χ3n) is 2.14. The van der Waals surface area contributed by atoms with Crippen molar-refractivity contribution >= 4 is 5.97 Å². The molecule has 1 heterocycles. The highest BCUT2D eigenvalue weighted by Crippen LogP contribution is 2.08. The van der Waals surface area contributed by atoms with Crippen LogP contribution in [0.25, 0.3) is 0 Å². The van der Waals surface area contributed by atoms with Crippen molar-refractivity contribution in [3.63, 3.8) is 0 Å². The summed E-state index contributed by atoms with van der Waals surface area (Å²) in [6.45, 7) is 0. The number of aliphatic carboxylic acids is 1. The van der Waals surface area contributed by atoms with Crippen LogP contribution in [0, 0.1) is 6.42 Å². The van der Waals surface area contributed by atoms with Gasteiger partial charge in [-0.25, -0.2) is 0 Å². The monoisotopic (exact) mass is 206 g/mol. The second-order valence-corrected chi connectivity index (χ2v) is 3.45. The molecule has 15 heavy (non-hydrogen) atoms. The van der Waals surface area contributed by atoms with E-state index in [1.54, 1.807) is 6.20 Å². The highest BCUT2D eigenvalue weighted by Gasteiger charge is 1.97. The van der Waals surface area contributed by atoms with Gasteiger partial charge in [0.25, 0.3) is 0 Å². The maximum Gasteiger partial charge on any atom is 0.303 e. The lowest BCUT2D eigenvalue weighted by Gasteiger charge is -1.99. The van der Waals surface area contributed by atoms with Crippen LogP contribution in [0.15, 0.2) is 24.4 Å². The Bertz CT molecular complexity index is 285. The van der Waals surface area contributed by atoms with Gasteiger partial charge in [0, 0.05) is 24.7 Å². The second kappa shape index (κ2) is 6.98. The Morgan fingerprint density at radius 1 is 1.33 bits per heavy atom. The topological polar surface area (TPSA) is 50.2 Å². The molecule has 0 fully saturated rings. The van der Waals surface area contributed by atoms with Gasteiger partial charge in [-0.1, -0.05) is 18.9 Å². The summed E-state index contributed by atoms with van der Waals surface area (Å²) >= 11 is 0. The van der Waals surface area contributed by atoms with E-state index in [2.05, 4.69) is 11.4 Å². The quantitative estimate of drug-likeness (QED) is 0.698. The minimum absolute atomic E-state index is 0.281. The van der Waals surface area contributed by atoms with Crippen LogP contribution >= 0.6 is 0 Å². The first-order chi connectivity index (χ1) is 7.29. The summed E-state index contributed by atoms with van der Waals surface area (Å²) in [5.41, 5.74) is 0.996. The Balaban J connectivity index is 2.00. The van der Waals surface area contributed by atoms with Crippen LogP contribution in [0.5, 0.6) is 0 Å². The smallest absolute Gasteiger partial charge is 0.303 e. The summed E-state index contributed by atoms with van der Waals surface area (Å²) in [4.78, 5) is 14.4. The molecule has 0 saturated carbocycles. The number of hydrogen-bond donors (Lipinski definition) is 1. The number of carbonyl (C=O) groups is 1. The minimum atomic E-state index is -0.705. The molecule has 0 aliphatic rings. The first-order valence-corrected chi connectivity index (χ1v) is 5.25. The summed E-state index contributed by atoms with van der Waals surface area (Å²) < 4.78 is 0. The molecule has 1 rings (SSSR count). The highest BCUT2D eigenvalue weighted by atomic mass is 16.4. The van der Waals surface area contributed by atoms with Crippen LogP contribution in [0.2, 0.25) is 0 Å². The summed E-state index contributed by atoms with van der Waals surface area (Å²) in [5, 5.41) is 8.43. The van der Waals surface area contributed by atoms with Crippen LogP contribution in [0.4, 0.5) is 0 Å². The molecule has 1 aromatic heterocycles. The molecule has 0 bridgehead atoms. The number of rotatable bonds is 7. The molecule has 0 unspecified atom stereocenters. The van der Waals surface area contributed by atoms with Crippen LogP contribution in [0.3, 0.4) is 0 Å². The lowest BCUT2D eigenvalue weighted by Crippen LogP contribution is -1.93. The Hall–Kier alpha value is -1.38. The number of unbranched alkanes of at least 4 members (excludes halogenated alkanes) is 3. The molecule has 1 aromatic rings. The SMILES string of the molecule is O=C(O)CCCCC[CH]c1ccccn1. The molecule has 1 N–H and O–H groups in total. The first-order valence-electron chi connectivity index (χ1n) is 5.25. The normalized spacial score (nSPS) is 10.1. The zero-order chi connectivity index (χ0) is 10.9. The number of pyridine rings is 1. The Kier molecular flexibility index (Phi) is 5.44. The lowest BCUT2D eigenvalue weighted by molar-refractivity contribution is -0.137. The first kappa shape index (κ1) is 11.7. The predicted octanol–water partition coefficient (Wildman–Crippen LogP) is 2.67. The Morgan fingerprint density at radius 3 is 2.87 bits per heavy atom. The maximum absolute atomic E-state index is 10.2. The fourth-order valence-electron chi connectivity index (χ4n) is 1.34. The van der Waals surface area contributed by atoms with Gasteiger partial charge in [0.1, 0.15) is 0 Å². The number of aromatic nitrogens is 1. The van der Waals surface area contributed by atoms with E-state index in [9.17, 15) is 4.79 Å². The summed E-state index contributed by atoms with van der Waals surface area (Å²) in [6.07, 6.45) is 7.88. The van der Waals surface area contributed by atoms with Crippen molar-refractivity contribution in [3.8, 4) is 0 Å². The van der Waals surface area contributed by atoms with Gasteiger partial charge in [0.15, 0.2) is 0 Å². The van der Waals surface area contributed by atoms with Gasteiger partial charge in [-0.05, 0) is 25.0 Å². The van der Waals surface area contributed by atoms with E-state index < -0.39 is 5.97 Å². The van der Waals surface area contributed by atoms with Crippen LogP contribution in [-0.4, -0.2) is 16.1 Å². The van der Waals surface area contributed by atoms with Gasteiger partial charge in [-0.3, -0.25) is 9.78 Å². The summed E-state index contributed by atoms with van der Waals surface area (Å²) in [7, 11) is 0. The number of carboxylic acid groups (broad SMARTS) is 1. The molecule has 0 atom stereocenters. The molecule has 1 radical (unpaired) electrons. The molecule has 0 spiro atoms. The molecular weight excluding hydrogens is 190 g/mol. The third-order valence-corrected chi connectivity index (χ3v) is 2.14. The zero-order valence-electron chi connectivity index (χ0n) is 8.72. The van der Waals surface area contributed by atoms with E-state index in [1.165, 1.54) is 0 Å². The molecule has 0 saturated heterocycles. The molecular formula is C12H16NO2. The fraction of sp³-hybridized carbons (Fsp3) is 0.417. The average Bonchev–Trinajstić information content (AvgIpc) is 2.24. The average molecular weight is 206 g/mol. The van der Waals surface area contributed by atoms with E-state index in [4.69, 9.17) is 5.11 Å². The van der Waals surface area contributed by atoms with Crippen LogP contribution in [-0.2, 0) is 4.79 Å². The zero-order valence-corrected chi connectivity index (χ0v) is 8.72. The van der Waals surface area contributed by atoms with E-state index in [-0.39, 0.29) is 6.42 Å². The standard InChI is InChI=1S/C12H16NO2/c14-12(15)9-4-2-1-3-7-11-8-5-6-10-13-11/h5-8,10H,1-4,9H2,(H,14,15). The molecule has 0 aromatic carbocycles. The lowest BCUT2D eigenvalue weighted by atomic mass is 10.1. The van der Waals surface area contributed by atoms with Gasteiger partial charge in [0.05, 0.1) is 0 Å². The van der Waals surface area contributed by atoms with Crippen molar-refractivity contribution < 1.29 is 9.90 Å². The van der Waals surface area contributed by atoms with Crippen molar-refractivity contribution in [2.24, 2.45) is 0 Å². The molecule has 0 amide bonds. The summed E-state index contributed by atoms with van der Waals surface area (Å²) in [6, 6.07) is 5.82. The van der Waals surface area contributed by atoms with E-state index >= 15 is 0 Å². The van der Waals surface area contributed by atoms with Gasteiger partial charge in [-0.2, -0.15) is 0 Å². The molecule has 3 heteroatoms. The van der Waals surface area contributed by atoms with E-state index in [1.807, 2.05) is 18.2 Å². The fourth-order valence-corrected chi connectivity index (χ4v) is 1.34. The Morgan fingerprint density at radius 2 is 2.20 bits per heavy atom. The second-order valence-electron chi connectivity index (χ2n) is 3.45. The Labute approximate surface area is 90.2 Å². The van der Waals surface area contributed by atoms with Crippen molar-refractivity contribution in [1.29, 1.82) is 0 Å². The van der Waals surface area contributed by atoms with Crippen molar-refractivity contribution in [1.82, 2.24) is 4.98 Å². The summed E-state index contributed by atoms with van der Waals surface area (Å²) in [5.74, 6) is -0.705. The number of nitrogens with zero attached hydrogens (tertiary/aromatic N) is 1. The minimum Gasteiger partial charge on any atom is -0.481 e. The van der Waals surface area contributed by atoms with Gasteiger partial charge >= 0.3 is 5.97 Å². The van der Waals surface area contributed by atoms with Crippen LogP contribution in [0.1, 0.15) is 37.8 Å². The molecule has 3 nitrogen and oxygen atoms in total. The highest BCUT2D eigenvalue weighted by molar-refractivity contribution is 5.66. The van der Waals surface area contributed by atoms with Gasteiger partial charge < -0.3 is 5.11 Å². The maximum atomic E-state index is 10.2. The van der Waals surface area contributed by atoms with Crippen molar-refractivity contribution in [2.45, 2.75) is 32.1 Å². The number of hydrogen-bond acceptors (Lipinski definition) is 2. The van der Waals surface area contributed by atoms with E-state index in [0.29, 0.717) is 0 Å². The molecule has 0 aliphatic heterocycles. The van der Waals surface area contributed by atoms with Gasteiger partial charge in [-0.15, -0.1) is 0 Å². The van der Waals surface area contributed by atoms with Crippen molar-refractivity contribution in [2.75, 3.05) is 0 Å². The molecule has 81 valence electrons. The predicted molar refractivity (Wildman–Crippen MR) is 58.4 cm³/mol. The molecule has 0 aliphatic carbocycles. The van der Waals surface area contributed by atoms with Crippen LogP contribution < -0.4 is 0 Å².